The Bertz CT molecular complexity index is 1290. The first-order valence-electron chi connectivity index (χ1n) is 9.91. The molecule has 0 saturated carbocycles. The van der Waals surface area contributed by atoms with E-state index in [2.05, 4.69) is 9.29 Å². The highest BCUT2D eigenvalue weighted by atomic mass is 35.5. The second-order valence-corrected chi connectivity index (χ2v) is 10.1. The van der Waals surface area contributed by atoms with Crippen molar-refractivity contribution in [2.45, 2.75) is 30.3 Å². The van der Waals surface area contributed by atoms with Crippen LogP contribution in [0.5, 0.6) is 0 Å². The van der Waals surface area contributed by atoms with E-state index < -0.39 is 16.1 Å². The molecule has 4 nitrogen and oxygen atoms in total. The van der Waals surface area contributed by atoms with Crippen LogP contribution in [-0.4, -0.2) is 19.0 Å². The Labute approximate surface area is 192 Å². The predicted molar refractivity (Wildman–Crippen MR) is 127 cm³/mol. The minimum atomic E-state index is -3.67. The molecule has 4 rings (SSSR count). The van der Waals surface area contributed by atoms with Gasteiger partial charge in [-0.2, -0.15) is 0 Å². The largest absolute Gasteiger partial charge is 0.342 e. The van der Waals surface area contributed by atoms with E-state index in [0.717, 1.165) is 16.5 Å². The highest BCUT2D eigenvalue weighted by Gasteiger charge is 2.26. The van der Waals surface area contributed by atoms with Crippen LogP contribution < -0.4 is 4.72 Å². The van der Waals surface area contributed by atoms with Crippen LogP contribution in [0.3, 0.4) is 0 Å². The molecule has 0 spiro atoms. The molecule has 0 aliphatic rings. The summed E-state index contributed by atoms with van der Waals surface area (Å²) in [6, 6.07) is 23.2. The van der Waals surface area contributed by atoms with E-state index in [1.807, 2.05) is 61.7 Å². The molecular weight excluding hydrogens is 451 g/mol. The normalized spacial score (nSPS) is 13.9. The number of halogens is 2. The summed E-state index contributed by atoms with van der Waals surface area (Å²) in [5.41, 5.74) is 2.02. The first-order valence-corrected chi connectivity index (χ1v) is 12.2. The first-order chi connectivity index (χ1) is 14.8. The standard InChI is InChI=1S/C24H22Cl2N2O2S/c1-17(27-31(29,30)22-5-3-2-4-6-22)23(15-18-7-10-20(25)11-8-18)28-14-13-19-9-12-21(26)16-24(19)28/h2-14,16-17,23,27H,15H2,1H3. The Hall–Kier alpha value is -2.31. The van der Waals surface area contributed by atoms with Gasteiger partial charge in [-0.15, -0.1) is 0 Å². The van der Waals surface area contributed by atoms with Crippen molar-refractivity contribution in [3.8, 4) is 0 Å². The molecule has 0 aliphatic carbocycles. The molecule has 2 atom stereocenters. The summed E-state index contributed by atoms with van der Waals surface area (Å²) in [5.74, 6) is 0. The Morgan fingerprint density at radius 1 is 0.903 bits per heavy atom. The van der Waals surface area contributed by atoms with Crippen molar-refractivity contribution in [3.05, 3.63) is 101 Å². The molecule has 1 N–H and O–H groups in total. The van der Waals surface area contributed by atoms with E-state index in [9.17, 15) is 8.42 Å². The maximum atomic E-state index is 13.0. The molecule has 4 aromatic rings. The van der Waals surface area contributed by atoms with Crippen molar-refractivity contribution in [3.63, 3.8) is 0 Å². The van der Waals surface area contributed by atoms with E-state index >= 15 is 0 Å². The van der Waals surface area contributed by atoms with Crippen molar-refractivity contribution in [1.82, 2.24) is 9.29 Å². The predicted octanol–water partition coefficient (Wildman–Crippen LogP) is 6.10. The first kappa shape index (κ1) is 21.9. The summed E-state index contributed by atoms with van der Waals surface area (Å²) in [4.78, 5) is 0.243. The van der Waals surface area contributed by atoms with Crippen LogP contribution in [0.2, 0.25) is 10.0 Å². The van der Waals surface area contributed by atoms with Crippen molar-refractivity contribution in [2.75, 3.05) is 0 Å². The minimum Gasteiger partial charge on any atom is -0.342 e. The minimum absolute atomic E-state index is 0.185. The van der Waals surface area contributed by atoms with Crippen LogP contribution in [-0.2, 0) is 16.4 Å². The lowest BCUT2D eigenvalue weighted by Gasteiger charge is -2.28. The van der Waals surface area contributed by atoms with Crippen molar-refractivity contribution in [2.24, 2.45) is 0 Å². The molecule has 0 saturated heterocycles. The van der Waals surface area contributed by atoms with Gasteiger partial charge in [-0.05, 0) is 66.8 Å². The van der Waals surface area contributed by atoms with Gasteiger partial charge in [0.2, 0.25) is 10.0 Å². The van der Waals surface area contributed by atoms with Crippen molar-refractivity contribution in [1.29, 1.82) is 0 Å². The lowest BCUT2D eigenvalue weighted by molar-refractivity contribution is 0.410. The third kappa shape index (κ3) is 4.96. The van der Waals surface area contributed by atoms with Gasteiger partial charge in [-0.1, -0.05) is 59.6 Å². The van der Waals surface area contributed by atoms with Gasteiger partial charge >= 0.3 is 0 Å². The van der Waals surface area contributed by atoms with Crippen LogP contribution in [0.25, 0.3) is 10.9 Å². The average Bonchev–Trinajstić information content (AvgIpc) is 3.16. The molecular formula is C24H22Cl2N2O2S. The van der Waals surface area contributed by atoms with Crippen LogP contribution in [0.4, 0.5) is 0 Å². The topological polar surface area (TPSA) is 51.1 Å². The number of fused-ring (bicyclic) bond motifs is 1. The summed E-state index contributed by atoms with van der Waals surface area (Å²) in [6.07, 6.45) is 2.60. The summed E-state index contributed by atoms with van der Waals surface area (Å²) in [5, 5.41) is 2.34. The van der Waals surface area contributed by atoms with E-state index in [4.69, 9.17) is 23.2 Å². The van der Waals surface area contributed by atoms with Crippen LogP contribution >= 0.6 is 23.2 Å². The molecule has 1 aromatic heterocycles. The highest BCUT2D eigenvalue weighted by Crippen LogP contribution is 2.28. The van der Waals surface area contributed by atoms with Crippen LogP contribution in [0.15, 0.2) is 90.0 Å². The highest BCUT2D eigenvalue weighted by molar-refractivity contribution is 7.89. The third-order valence-corrected chi connectivity index (χ3v) is 7.43. The molecule has 0 fully saturated rings. The van der Waals surface area contributed by atoms with Gasteiger partial charge in [0, 0.05) is 27.8 Å². The zero-order valence-corrected chi connectivity index (χ0v) is 19.2. The molecule has 31 heavy (non-hydrogen) atoms. The Morgan fingerprint density at radius 3 is 2.29 bits per heavy atom. The van der Waals surface area contributed by atoms with Gasteiger partial charge in [0.25, 0.3) is 0 Å². The summed E-state index contributed by atoms with van der Waals surface area (Å²) in [7, 11) is -3.67. The van der Waals surface area contributed by atoms with Crippen LogP contribution in [0.1, 0.15) is 18.5 Å². The maximum Gasteiger partial charge on any atom is 0.240 e. The van der Waals surface area contributed by atoms with Gasteiger partial charge in [0.05, 0.1) is 10.9 Å². The molecule has 0 amide bonds. The summed E-state index contributed by atoms with van der Waals surface area (Å²) in [6.45, 7) is 1.89. The summed E-state index contributed by atoms with van der Waals surface area (Å²) >= 11 is 12.3. The monoisotopic (exact) mass is 472 g/mol. The van der Waals surface area contributed by atoms with Gasteiger partial charge in [-0.3, -0.25) is 0 Å². The quantitative estimate of drug-likeness (QED) is 0.353. The molecule has 1 heterocycles. The van der Waals surface area contributed by atoms with E-state index in [1.165, 1.54) is 0 Å². The number of aromatic nitrogens is 1. The number of nitrogens with one attached hydrogen (secondary N) is 1. The molecule has 0 bridgehead atoms. The molecule has 3 aromatic carbocycles. The fraction of sp³-hybridized carbons (Fsp3) is 0.167. The lowest BCUT2D eigenvalue weighted by atomic mass is 10.0. The van der Waals surface area contributed by atoms with Gasteiger partial charge < -0.3 is 4.57 Å². The van der Waals surface area contributed by atoms with E-state index in [1.54, 1.807) is 30.3 Å². The number of sulfonamides is 1. The smallest absolute Gasteiger partial charge is 0.240 e. The number of nitrogens with zero attached hydrogens (tertiary/aromatic N) is 1. The van der Waals surface area contributed by atoms with Gasteiger partial charge in [0.1, 0.15) is 0 Å². The fourth-order valence-corrected chi connectivity index (χ4v) is 5.37. The van der Waals surface area contributed by atoms with Gasteiger partial charge in [0.15, 0.2) is 0 Å². The molecule has 0 aliphatic heterocycles. The summed E-state index contributed by atoms with van der Waals surface area (Å²) < 4.78 is 30.9. The number of hydrogen-bond acceptors (Lipinski definition) is 2. The van der Waals surface area contributed by atoms with Crippen molar-refractivity contribution < 1.29 is 8.42 Å². The van der Waals surface area contributed by atoms with Gasteiger partial charge in [-0.25, -0.2) is 13.1 Å². The average molecular weight is 473 g/mol. The zero-order chi connectivity index (χ0) is 22.0. The molecule has 160 valence electrons. The lowest BCUT2D eigenvalue weighted by Crippen LogP contribution is -2.40. The third-order valence-electron chi connectivity index (χ3n) is 5.37. The zero-order valence-electron chi connectivity index (χ0n) is 16.9. The van der Waals surface area contributed by atoms with E-state index in [-0.39, 0.29) is 10.9 Å². The fourth-order valence-electron chi connectivity index (χ4n) is 3.78. The number of benzene rings is 3. The molecule has 0 radical (unpaired) electrons. The second-order valence-electron chi connectivity index (χ2n) is 7.55. The van der Waals surface area contributed by atoms with E-state index in [0.29, 0.717) is 16.5 Å². The van der Waals surface area contributed by atoms with Crippen molar-refractivity contribution >= 4 is 44.1 Å². The number of hydrogen-bond donors (Lipinski definition) is 1. The maximum absolute atomic E-state index is 13.0. The molecule has 2 unspecified atom stereocenters. The number of rotatable bonds is 7. The molecule has 7 heteroatoms. The Morgan fingerprint density at radius 2 is 1.58 bits per heavy atom. The Balaban J connectivity index is 1.72. The second kappa shape index (κ2) is 9.05. The van der Waals surface area contributed by atoms with Crippen LogP contribution in [0, 0.1) is 0 Å². The SMILES string of the molecule is CC(NS(=O)(=O)c1ccccc1)C(Cc1ccc(Cl)cc1)n1ccc2ccc(Cl)cc21. The Kier molecular flexibility index (Phi) is 6.39.